The summed E-state index contributed by atoms with van der Waals surface area (Å²) in [5.74, 6) is -0.409. The van der Waals surface area contributed by atoms with Gasteiger partial charge >= 0.3 is 5.91 Å². The van der Waals surface area contributed by atoms with Crippen molar-refractivity contribution in [2.24, 2.45) is 0 Å². The number of fused-ring (bicyclic) bond motifs is 1. The molecule has 4 aromatic rings. The number of carbonyl (C=O) groups excluding carboxylic acids is 2. The number of hydrogen-bond acceptors (Lipinski definition) is 7. The molecular weight excluding hydrogens is 476 g/mol. The third-order valence-electron chi connectivity index (χ3n) is 6.30. The number of thiazole rings is 1. The third kappa shape index (κ3) is 3.89. The van der Waals surface area contributed by atoms with Crippen LogP contribution >= 0.6 is 11.3 Å². The summed E-state index contributed by atoms with van der Waals surface area (Å²) in [6, 6.07) is 17.3. The molecular formula is C28H24N2O5S. The minimum absolute atomic E-state index is 0.0188. The summed E-state index contributed by atoms with van der Waals surface area (Å²) in [6.07, 6.45) is 0. The molecule has 1 fully saturated rings. The molecule has 5 rings (SSSR count). The number of rotatable bonds is 5. The lowest BCUT2D eigenvalue weighted by atomic mass is 9.94. The normalized spacial score (nSPS) is 17.1. The van der Waals surface area contributed by atoms with Gasteiger partial charge in [0.25, 0.3) is 5.78 Å². The van der Waals surface area contributed by atoms with Crippen LogP contribution in [0.25, 0.3) is 16.0 Å². The molecule has 0 spiro atoms. The van der Waals surface area contributed by atoms with Gasteiger partial charge in [0.05, 0.1) is 36.1 Å². The van der Waals surface area contributed by atoms with Crippen LogP contribution in [0.2, 0.25) is 0 Å². The lowest BCUT2D eigenvalue weighted by Crippen LogP contribution is -2.29. The van der Waals surface area contributed by atoms with Crippen molar-refractivity contribution in [2.45, 2.75) is 19.9 Å². The average molecular weight is 501 g/mol. The summed E-state index contributed by atoms with van der Waals surface area (Å²) < 4.78 is 11.5. The number of aliphatic hydroxyl groups excluding tert-OH is 1. The number of ketones is 1. The second-order valence-corrected chi connectivity index (χ2v) is 9.60. The molecule has 0 aliphatic carbocycles. The van der Waals surface area contributed by atoms with Crippen LogP contribution in [0.3, 0.4) is 0 Å². The zero-order valence-electron chi connectivity index (χ0n) is 20.2. The van der Waals surface area contributed by atoms with Gasteiger partial charge in [-0.2, -0.15) is 0 Å². The second kappa shape index (κ2) is 9.13. The van der Waals surface area contributed by atoms with Crippen LogP contribution in [0, 0.1) is 13.8 Å². The molecule has 0 saturated carbocycles. The Morgan fingerprint density at radius 2 is 1.72 bits per heavy atom. The molecule has 2 heterocycles. The highest BCUT2D eigenvalue weighted by molar-refractivity contribution is 7.22. The second-order valence-electron chi connectivity index (χ2n) is 8.59. The largest absolute Gasteiger partial charge is 0.507 e. The van der Waals surface area contributed by atoms with Gasteiger partial charge in [-0.25, -0.2) is 4.98 Å². The number of carbonyl (C=O) groups is 2. The third-order valence-corrected chi connectivity index (χ3v) is 7.31. The van der Waals surface area contributed by atoms with Crippen LogP contribution in [0.1, 0.15) is 28.3 Å². The molecule has 0 radical (unpaired) electrons. The molecule has 1 amide bonds. The van der Waals surface area contributed by atoms with Gasteiger partial charge in [-0.15, -0.1) is 0 Å². The Morgan fingerprint density at radius 3 is 2.39 bits per heavy atom. The first-order valence-electron chi connectivity index (χ1n) is 11.3. The monoisotopic (exact) mass is 500 g/mol. The van der Waals surface area contributed by atoms with Gasteiger partial charge in [0, 0.05) is 5.56 Å². The smallest absolute Gasteiger partial charge is 0.301 e. The van der Waals surface area contributed by atoms with Gasteiger partial charge in [0.2, 0.25) is 0 Å². The van der Waals surface area contributed by atoms with Gasteiger partial charge < -0.3 is 14.6 Å². The van der Waals surface area contributed by atoms with Crippen molar-refractivity contribution in [1.82, 2.24) is 4.98 Å². The fraction of sp³-hybridized carbons (Fsp3) is 0.179. The van der Waals surface area contributed by atoms with E-state index in [0.29, 0.717) is 33.3 Å². The first-order valence-corrected chi connectivity index (χ1v) is 12.1. The molecule has 8 heteroatoms. The van der Waals surface area contributed by atoms with Crippen LogP contribution in [0.5, 0.6) is 11.5 Å². The molecule has 7 nitrogen and oxygen atoms in total. The number of aromatic nitrogens is 1. The Labute approximate surface area is 212 Å². The lowest BCUT2D eigenvalue weighted by molar-refractivity contribution is -0.132. The topological polar surface area (TPSA) is 89.0 Å². The van der Waals surface area contributed by atoms with Gasteiger partial charge in [0.15, 0.2) is 5.13 Å². The van der Waals surface area contributed by atoms with Crippen molar-refractivity contribution in [1.29, 1.82) is 0 Å². The first-order chi connectivity index (χ1) is 17.3. The van der Waals surface area contributed by atoms with E-state index in [-0.39, 0.29) is 11.3 Å². The zero-order valence-corrected chi connectivity index (χ0v) is 21.1. The number of aliphatic hydroxyl groups is 1. The molecule has 36 heavy (non-hydrogen) atoms. The van der Waals surface area contributed by atoms with Crippen LogP contribution in [0.4, 0.5) is 5.13 Å². The Morgan fingerprint density at radius 1 is 0.972 bits per heavy atom. The maximum atomic E-state index is 13.4. The minimum atomic E-state index is -0.838. The number of aryl methyl sites for hydroxylation is 2. The summed E-state index contributed by atoms with van der Waals surface area (Å²) in [7, 11) is 3.15. The number of anilines is 1. The van der Waals surface area contributed by atoms with Gasteiger partial charge in [-0.1, -0.05) is 41.2 Å². The van der Waals surface area contributed by atoms with Crippen molar-refractivity contribution < 1.29 is 24.2 Å². The summed E-state index contributed by atoms with van der Waals surface area (Å²) in [4.78, 5) is 32.9. The summed E-state index contributed by atoms with van der Waals surface area (Å²) in [5, 5.41) is 11.7. The molecule has 1 saturated heterocycles. The number of Topliss-reactive ketones (excluding diaryl/α,β-unsaturated/α-hetero) is 1. The standard InChI is InChI=1S/C28H24N2O5S/c1-15-5-7-17(8-6-15)24-23(25(31)18-9-12-21(35-4)16(2)13-18)26(32)27(33)30(24)28-29-20-11-10-19(34-3)14-22(20)36-28/h5-14,24,31H,1-4H3/t24-/m1/s1. The SMILES string of the molecule is COc1ccc2nc(N3C(=O)C(=O)C(=C(O)c4ccc(OC)c(C)c4)[C@H]3c3ccc(C)cc3)sc2c1. The van der Waals surface area contributed by atoms with E-state index in [1.54, 1.807) is 38.5 Å². The van der Waals surface area contributed by atoms with Crippen LogP contribution < -0.4 is 14.4 Å². The van der Waals surface area contributed by atoms with Crippen molar-refractivity contribution in [3.63, 3.8) is 0 Å². The van der Waals surface area contributed by atoms with E-state index in [0.717, 1.165) is 15.8 Å². The van der Waals surface area contributed by atoms with Crippen LogP contribution in [-0.2, 0) is 9.59 Å². The Balaban J connectivity index is 1.71. The van der Waals surface area contributed by atoms with E-state index >= 15 is 0 Å². The number of benzene rings is 3. The number of ether oxygens (including phenoxy) is 2. The van der Waals surface area contributed by atoms with Crippen molar-refractivity contribution in [2.75, 3.05) is 19.1 Å². The zero-order chi connectivity index (χ0) is 25.6. The summed E-state index contributed by atoms with van der Waals surface area (Å²) in [5.41, 5.74) is 3.66. The highest BCUT2D eigenvalue weighted by Gasteiger charge is 2.48. The minimum Gasteiger partial charge on any atom is -0.507 e. The molecule has 1 N–H and O–H groups in total. The number of amides is 1. The molecule has 1 aliphatic rings. The van der Waals surface area contributed by atoms with Crippen LogP contribution in [-0.4, -0.2) is 36.0 Å². The maximum Gasteiger partial charge on any atom is 0.301 e. The Hall–Kier alpha value is -4.17. The predicted molar refractivity (Wildman–Crippen MR) is 140 cm³/mol. The maximum absolute atomic E-state index is 13.4. The molecule has 1 aromatic heterocycles. The van der Waals surface area contributed by atoms with E-state index < -0.39 is 17.7 Å². The fourth-order valence-corrected chi connectivity index (χ4v) is 5.42. The quantitative estimate of drug-likeness (QED) is 0.219. The van der Waals surface area contributed by atoms with Crippen molar-refractivity contribution in [3.05, 3.63) is 88.5 Å². The number of hydrogen-bond donors (Lipinski definition) is 1. The van der Waals surface area contributed by atoms with E-state index in [1.807, 2.05) is 50.2 Å². The number of nitrogens with zero attached hydrogens (tertiary/aromatic N) is 2. The Kier molecular flexibility index (Phi) is 5.97. The lowest BCUT2D eigenvalue weighted by Gasteiger charge is -2.23. The molecule has 1 aliphatic heterocycles. The Bertz CT molecular complexity index is 1540. The molecule has 0 unspecified atom stereocenters. The predicted octanol–water partition coefficient (Wildman–Crippen LogP) is 5.56. The van der Waals surface area contributed by atoms with Crippen LogP contribution in [0.15, 0.2) is 66.2 Å². The van der Waals surface area contributed by atoms with E-state index in [1.165, 1.54) is 16.2 Å². The molecule has 3 aromatic carbocycles. The van der Waals surface area contributed by atoms with Gasteiger partial charge in [-0.3, -0.25) is 14.5 Å². The van der Waals surface area contributed by atoms with E-state index in [2.05, 4.69) is 4.98 Å². The molecule has 0 bridgehead atoms. The van der Waals surface area contributed by atoms with Gasteiger partial charge in [-0.05, 0) is 61.4 Å². The van der Waals surface area contributed by atoms with E-state index in [4.69, 9.17) is 9.47 Å². The fourth-order valence-electron chi connectivity index (χ4n) is 4.40. The van der Waals surface area contributed by atoms with Gasteiger partial charge in [0.1, 0.15) is 17.3 Å². The summed E-state index contributed by atoms with van der Waals surface area (Å²) >= 11 is 1.29. The van der Waals surface area contributed by atoms with Crippen molar-refractivity contribution in [3.8, 4) is 11.5 Å². The molecule has 1 atom stereocenters. The highest BCUT2D eigenvalue weighted by Crippen LogP contribution is 2.44. The van der Waals surface area contributed by atoms with E-state index in [9.17, 15) is 14.7 Å². The number of methoxy groups -OCH3 is 2. The molecule has 182 valence electrons. The summed E-state index contributed by atoms with van der Waals surface area (Å²) in [6.45, 7) is 3.81. The first kappa shape index (κ1) is 23.6. The average Bonchev–Trinajstić information content (AvgIpc) is 3.41. The highest BCUT2D eigenvalue weighted by atomic mass is 32.1. The van der Waals surface area contributed by atoms with Crippen molar-refractivity contribution >= 4 is 44.1 Å².